The van der Waals surface area contributed by atoms with Gasteiger partial charge in [-0.15, -0.1) is 0 Å². The topological polar surface area (TPSA) is 129 Å². The highest BCUT2D eigenvalue weighted by Crippen LogP contribution is 2.33. The maximum atomic E-state index is 13.0. The van der Waals surface area contributed by atoms with Crippen molar-refractivity contribution in [3.05, 3.63) is 53.6 Å². The Labute approximate surface area is 187 Å². The summed E-state index contributed by atoms with van der Waals surface area (Å²) in [4.78, 5) is 13.7. The van der Waals surface area contributed by atoms with E-state index in [0.29, 0.717) is 39.5 Å². The Kier molecular flexibility index (Phi) is 8.16. The molecule has 1 saturated carbocycles. The molecule has 1 amide bonds. The van der Waals surface area contributed by atoms with Crippen molar-refractivity contribution in [2.75, 3.05) is 17.3 Å². The van der Waals surface area contributed by atoms with E-state index < -0.39 is 0 Å². The number of amidine groups is 1. The number of hydrogen-bond donors (Lipinski definition) is 5. The van der Waals surface area contributed by atoms with Gasteiger partial charge in [-0.05, 0) is 73.3 Å². The van der Waals surface area contributed by atoms with Gasteiger partial charge in [-0.25, -0.2) is 5.84 Å². The summed E-state index contributed by atoms with van der Waals surface area (Å²) in [6.07, 6.45) is 6.35. The predicted octanol–water partition coefficient (Wildman–Crippen LogP) is 4.31. The smallest absolute Gasteiger partial charge is 0.256 e. The van der Waals surface area contributed by atoms with Crippen LogP contribution in [0.1, 0.15) is 60.9 Å². The molecule has 0 atom stereocenters. The number of carbonyl (C=O) groups is 1. The number of carbonyl (C=O) groups excluding carboxylic acids is 1. The highest BCUT2D eigenvalue weighted by molar-refractivity contribution is 8.13. The standard InChI is InChI=1S/C22H30N6O2S/c1-2-28(24)22(26-23)31-20-13-12-18(27-30)14-19(20)21(29)25-17-10-8-16(9-11-17)15-6-4-3-5-7-15/h8-15,27,30H,2-7,23-24H2,1H3,(H,25,29)/b26-22+. The Morgan fingerprint density at radius 1 is 1.16 bits per heavy atom. The number of amides is 1. The second kappa shape index (κ2) is 11.0. The minimum atomic E-state index is -0.304. The average Bonchev–Trinajstić information content (AvgIpc) is 2.83. The fourth-order valence-corrected chi connectivity index (χ4v) is 4.63. The monoisotopic (exact) mass is 442 g/mol. The second-order valence-corrected chi connectivity index (χ2v) is 8.54. The molecule has 31 heavy (non-hydrogen) atoms. The van der Waals surface area contributed by atoms with Crippen molar-refractivity contribution in [1.29, 1.82) is 0 Å². The Hall–Kier alpha value is -2.75. The lowest BCUT2D eigenvalue weighted by molar-refractivity contribution is 0.102. The number of nitrogens with zero attached hydrogens (tertiary/aromatic N) is 2. The van der Waals surface area contributed by atoms with E-state index in [4.69, 9.17) is 11.7 Å². The zero-order valence-corrected chi connectivity index (χ0v) is 18.5. The van der Waals surface area contributed by atoms with Gasteiger partial charge < -0.3 is 11.2 Å². The van der Waals surface area contributed by atoms with Crippen LogP contribution in [0, 0.1) is 0 Å². The van der Waals surface area contributed by atoms with Crippen molar-refractivity contribution in [2.24, 2.45) is 16.8 Å². The Bertz CT molecular complexity index is 913. The van der Waals surface area contributed by atoms with Gasteiger partial charge >= 0.3 is 0 Å². The fraction of sp³-hybridized carbons (Fsp3) is 0.364. The molecule has 3 rings (SSSR count). The number of nitrogens with two attached hydrogens (primary N) is 2. The molecule has 1 aliphatic carbocycles. The predicted molar refractivity (Wildman–Crippen MR) is 126 cm³/mol. The number of nitrogens with one attached hydrogen (secondary N) is 2. The van der Waals surface area contributed by atoms with E-state index in [2.05, 4.69) is 28.0 Å². The third kappa shape index (κ3) is 5.90. The summed E-state index contributed by atoms with van der Waals surface area (Å²) >= 11 is 1.18. The molecule has 2 aromatic rings. The van der Waals surface area contributed by atoms with E-state index in [9.17, 15) is 10.0 Å². The molecule has 9 heteroatoms. The maximum Gasteiger partial charge on any atom is 0.256 e. The summed E-state index contributed by atoms with van der Waals surface area (Å²) in [6.45, 7) is 2.38. The molecule has 0 heterocycles. The number of benzene rings is 2. The van der Waals surface area contributed by atoms with E-state index in [0.717, 1.165) is 0 Å². The van der Waals surface area contributed by atoms with Crippen molar-refractivity contribution in [1.82, 2.24) is 5.01 Å². The molecule has 0 aromatic heterocycles. The van der Waals surface area contributed by atoms with E-state index >= 15 is 0 Å². The SMILES string of the molecule is CCN(N)/C(=N\N)Sc1ccc(NO)cc1C(=O)Nc1ccc(C2CCCCC2)cc1. The lowest BCUT2D eigenvalue weighted by Gasteiger charge is -2.22. The molecule has 0 radical (unpaired) electrons. The first-order valence-electron chi connectivity index (χ1n) is 10.5. The molecular formula is C22H30N6O2S. The van der Waals surface area contributed by atoms with Crippen LogP contribution in [0.5, 0.6) is 0 Å². The minimum absolute atomic E-state index is 0.304. The van der Waals surface area contributed by atoms with E-state index in [1.165, 1.54) is 54.4 Å². The van der Waals surface area contributed by atoms with Crippen molar-refractivity contribution >= 4 is 34.2 Å². The van der Waals surface area contributed by atoms with Gasteiger partial charge in [0.2, 0.25) is 5.17 Å². The number of rotatable bonds is 6. The molecule has 166 valence electrons. The minimum Gasteiger partial charge on any atom is -0.322 e. The normalized spacial score (nSPS) is 14.9. The van der Waals surface area contributed by atoms with Gasteiger partial charge in [0.1, 0.15) is 0 Å². The zero-order chi connectivity index (χ0) is 22.2. The molecule has 1 fully saturated rings. The summed E-state index contributed by atoms with van der Waals surface area (Å²) in [5, 5.41) is 17.7. The van der Waals surface area contributed by atoms with Crippen molar-refractivity contribution < 1.29 is 10.0 Å². The summed E-state index contributed by atoms with van der Waals surface area (Å²) < 4.78 is 0. The van der Waals surface area contributed by atoms with Crippen LogP contribution in [0.2, 0.25) is 0 Å². The van der Waals surface area contributed by atoms with Crippen LogP contribution < -0.4 is 22.5 Å². The molecular weight excluding hydrogens is 412 g/mol. The van der Waals surface area contributed by atoms with E-state index in [-0.39, 0.29) is 5.91 Å². The largest absolute Gasteiger partial charge is 0.322 e. The first-order chi connectivity index (χ1) is 15.0. The Morgan fingerprint density at radius 2 is 1.84 bits per heavy atom. The summed E-state index contributed by atoms with van der Waals surface area (Å²) in [7, 11) is 0. The molecule has 0 unspecified atom stereocenters. The van der Waals surface area contributed by atoms with Gasteiger partial charge in [-0.2, -0.15) is 5.10 Å². The van der Waals surface area contributed by atoms with Crippen molar-refractivity contribution in [3.63, 3.8) is 0 Å². The van der Waals surface area contributed by atoms with Crippen molar-refractivity contribution in [3.8, 4) is 0 Å². The van der Waals surface area contributed by atoms with Crippen LogP contribution in [0.3, 0.4) is 0 Å². The van der Waals surface area contributed by atoms with E-state index in [1.54, 1.807) is 18.2 Å². The van der Waals surface area contributed by atoms with E-state index in [1.807, 2.05) is 19.1 Å². The number of hydrazone groups is 1. The second-order valence-electron chi connectivity index (χ2n) is 7.53. The third-order valence-corrected chi connectivity index (χ3v) is 6.59. The summed E-state index contributed by atoms with van der Waals surface area (Å²) in [5.41, 5.74) is 4.88. The van der Waals surface area contributed by atoms with Gasteiger partial charge in [0.05, 0.1) is 11.3 Å². The van der Waals surface area contributed by atoms with Gasteiger partial charge in [-0.1, -0.05) is 31.4 Å². The summed E-state index contributed by atoms with van der Waals surface area (Å²) in [6, 6.07) is 13.0. The molecule has 2 aromatic carbocycles. The lowest BCUT2D eigenvalue weighted by atomic mass is 9.84. The number of thioether (sulfide) groups is 1. The highest BCUT2D eigenvalue weighted by Gasteiger charge is 2.18. The van der Waals surface area contributed by atoms with Crippen molar-refractivity contribution in [2.45, 2.75) is 49.8 Å². The number of anilines is 2. The first-order valence-corrected chi connectivity index (χ1v) is 11.3. The lowest BCUT2D eigenvalue weighted by Crippen LogP contribution is -2.36. The average molecular weight is 443 g/mol. The molecule has 8 nitrogen and oxygen atoms in total. The van der Waals surface area contributed by atoms with Crippen LogP contribution in [0.4, 0.5) is 11.4 Å². The van der Waals surface area contributed by atoms with Crippen LogP contribution in [-0.2, 0) is 0 Å². The van der Waals surface area contributed by atoms with Crippen LogP contribution in [-0.4, -0.2) is 27.8 Å². The van der Waals surface area contributed by atoms with Gasteiger partial charge in [0.15, 0.2) is 0 Å². The zero-order valence-electron chi connectivity index (χ0n) is 17.7. The molecule has 7 N–H and O–H groups in total. The molecule has 0 spiro atoms. The highest BCUT2D eigenvalue weighted by atomic mass is 32.2. The van der Waals surface area contributed by atoms with Crippen LogP contribution >= 0.6 is 11.8 Å². The quantitative estimate of drug-likeness (QED) is 0.148. The van der Waals surface area contributed by atoms with Crippen LogP contribution in [0.25, 0.3) is 0 Å². The van der Waals surface area contributed by atoms with Gasteiger partial charge in [0, 0.05) is 17.1 Å². The number of hydrogen-bond acceptors (Lipinski definition) is 7. The number of hydrazine groups is 1. The van der Waals surface area contributed by atoms with Crippen LogP contribution in [0.15, 0.2) is 52.5 Å². The maximum absolute atomic E-state index is 13.0. The Morgan fingerprint density at radius 3 is 2.45 bits per heavy atom. The molecule has 0 aliphatic heterocycles. The van der Waals surface area contributed by atoms with Gasteiger partial charge in [-0.3, -0.25) is 20.5 Å². The molecule has 0 bridgehead atoms. The third-order valence-electron chi connectivity index (χ3n) is 5.50. The fourth-order valence-electron chi connectivity index (χ4n) is 3.73. The molecule has 1 aliphatic rings. The van der Waals surface area contributed by atoms with Gasteiger partial charge in [0.25, 0.3) is 5.91 Å². The first kappa shape index (κ1) is 22.9. The molecule has 0 saturated heterocycles. The summed E-state index contributed by atoms with van der Waals surface area (Å²) in [5.74, 6) is 11.7. The Balaban J connectivity index is 1.78.